The first-order valence-corrected chi connectivity index (χ1v) is 11.3. The zero-order chi connectivity index (χ0) is 23.2. The number of benzene rings is 4. The maximum Gasteiger partial charge on any atom is 0.166 e. The minimum atomic E-state index is -0.884. The molecule has 0 saturated carbocycles. The second-order valence-corrected chi connectivity index (χ2v) is 8.25. The average molecular weight is 443 g/mol. The van der Waals surface area contributed by atoms with Gasteiger partial charge in [-0.15, -0.1) is 0 Å². The molecule has 0 aliphatic carbocycles. The van der Waals surface area contributed by atoms with Crippen LogP contribution in [0.2, 0.25) is 0 Å². The number of hydrogen-bond acceptors (Lipinski definition) is 0. The van der Waals surface area contributed by atoms with E-state index in [2.05, 4.69) is 30.9 Å². The molecule has 0 aromatic heterocycles. The highest BCUT2D eigenvalue weighted by molar-refractivity contribution is 5.84. The molecule has 0 amide bonds. The lowest BCUT2D eigenvalue weighted by atomic mass is 10.00. The molecule has 4 aromatic carbocycles. The highest BCUT2D eigenvalue weighted by atomic mass is 19.2. The maximum atomic E-state index is 14.7. The van der Waals surface area contributed by atoms with Gasteiger partial charge in [0.05, 0.1) is 5.56 Å². The monoisotopic (exact) mass is 442 g/mol. The van der Waals surface area contributed by atoms with Crippen LogP contribution in [0.5, 0.6) is 0 Å². The Kier molecular flexibility index (Phi) is 7.15. The van der Waals surface area contributed by atoms with Gasteiger partial charge in [-0.25, -0.2) is 13.2 Å². The molecule has 0 N–H and O–H groups in total. The SMILES string of the molecule is CCCCCCc1ccc(-c2ccc(C#Cc3ccc4c(F)c(F)ccc4c3)c(F)c2)cc1. The average Bonchev–Trinajstić information content (AvgIpc) is 2.84. The molecule has 0 unspecified atom stereocenters. The number of rotatable bonds is 6. The molecular weight excluding hydrogens is 417 g/mol. The van der Waals surface area contributed by atoms with E-state index in [1.165, 1.54) is 49.4 Å². The van der Waals surface area contributed by atoms with Crippen molar-refractivity contribution in [1.82, 2.24) is 0 Å². The van der Waals surface area contributed by atoms with Gasteiger partial charge < -0.3 is 0 Å². The van der Waals surface area contributed by atoms with Gasteiger partial charge in [-0.1, -0.05) is 80.5 Å². The van der Waals surface area contributed by atoms with Crippen LogP contribution in [0.25, 0.3) is 21.9 Å². The van der Waals surface area contributed by atoms with E-state index in [0.29, 0.717) is 10.9 Å². The fraction of sp³-hybridized carbons (Fsp3) is 0.200. The molecule has 0 aliphatic rings. The topological polar surface area (TPSA) is 0 Å². The van der Waals surface area contributed by atoms with E-state index in [1.807, 2.05) is 18.2 Å². The van der Waals surface area contributed by atoms with Crippen LogP contribution in [0.1, 0.15) is 49.3 Å². The van der Waals surface area contributed by atoms with Crippen LogP contribution in [0.4, 0.5) is 13.2 Å². The summed E-state index contributed by atoms with van der Waals surface area (Å²) in [6.45, 7) is 2.21. The maximum absolute atomic E-state index is 14.7. The fourth-order valence-corrected chi connectivity index (χ4v) is 3.90. The van der Waals surface area contributed by atoms with Gasteiger partial charge in [0.2, 0.25) is 0 Å². The van der Waals surface area contributed by atoms with Crippen LogP contribution in [-0.4, -0.2) is 0 Å². The zero-order valence-corrected chi connectivity index (χ0v) is 18.6. The Bertz CT molecular complexity index is 1320. The van der Waals surface area contributed by atoms with Crippen molar-refractivity contribution >= 4 is 10.8 Å². The van der Waals surface area contributed by atoms with E-state index in [9.17, 15) is 13.2 Å². The van der Waals surface area contributed by atoms with E-state index in [-0.39, 0.29) is 10.9 Å². The van der Waals surface area contributed by atoms with Gasteiger partial charge in [-0.3, -0.25) is 0 Å². The van der Waals surface area contributed by atoms with Crippen molar-refractivity contribution in [2.45, 2.75) is 39.0 Å². The van der Waals surface area contributed by atoms with Gasteiger partial charge >= 0.3 is 0 Å². The third-order valence-corrected chi connectivity index (χ3v) is 5.82. The van der Waals surface area contributed by atoms with Crippen molar-refractivity contribution in [2.24, 2.45) is 0 Å². The van der Waals surface area contributed by atoms with Crippen LogP contribution in [0.15, 0.2) is 72.8 Å². The molecular formula is C30H25F3. The highest BCUT2D eigenvalue weighted by Crippen LogP contribution is 2.24. The molecule has 0 nitrogen and oxygen atoms in total. The van der Waals surface area contributed by atoms with Crippen molar-refractivity contribution < 1.29 is 13.2 Å². The third kappa shape index (κ3) is 5.46. The quantitative estimate of drug-likeness (QED) is 0.208. The number of fused-ring (bicyclic) bond motifs is 1. The van der Waals surface area contributed by atoms with Gasteiger partial charge in [-0.2, -0.15) is 0 Å². The first-order chi connectivity index (χ1) is 16.0. The molecule has 4 rings (SSSR count). The van der Waals surface area contributed by atoms with E-state index in [0.717, 1.165) is 23.6 Å². The van der Waals surface area contributed by atoms with E-state index < -0.39 is 17.5 Å². The Labute approximate surface area is 193 Å². The molecule has 3 heteroatoms. The lowest BCUT2D eigenvalue weighted by molar-refractivity contribution is 0.517. The zero-order valence-electron chi connectivity index (χ0n) is 18.6. The molecule has 166 valence electrons. The van der Waals surface area contributed by atoms with Crippen LogP contribution >= 0.6 is 0 Å². The summed E-state index contributed by atoms with van der Waals surface area (Å²) in [5.74, 6) is 3.61. The number of aryl methyl sites for hydroxylation is 1. The largest absolute Gasteiger partial charge is 0.206 e. The van der Waals surface area contributed by atoms with Gasteiger partial charge in [0.25, 0.3) is 0 Å². The number of hydrogen-bond donors (Lipinski definition) is 0. The summed E-state index contributed by atoms with van der Waals surface area (Å²) in [5, 5.41) is 0.744. The Balaban J connectivity index is 1.49. The van der Waals surface area contributed by atoms with Crippen LogP contribution < -0.4 is 0 Å². The third-order valence-electron chi connectivity index (χ3n) is 5.82. The lowest BCUT2D eigenvalue weighted by Gasteiger charge is -2.06. The number of unbranched alkanes of at least 4 members (excludes halogenated alkanes) is 3. The van der Waals surface area contributed by atoms with Crippen LogP contribution in [-0.2, 0) is 6.42 Å². The second kappa shape index (κ2) is 10.4. The smallest absolute Gasteiger partial charge is 0.166 e. The predicted octanol–water partition coefficient (Wildman–Crippen LogP) is 8.45. The Morgan fingerprint density at radius 1 is 0.667 bits per heavy atom. The Hall–Kier alpha value is -3.51. The summed E-state index contributed by atoms with van der Waals surface area (Å²) in [7, 11) is 0. The Morgan fingerprint density at radius 3 is 2.21 bits per heavy atom. The van der Waals surface area contributed by atoms with Crippen LogP contribution in [0.3, 0.4) is 0 Å². The minimum absolute atomic E-state index is 0.197. The van der Waals surface area contributed by atoms with Crippen molar-refractivity contribution in [1.29, 1.82) is 0 Å². The van der Waals surface area contributed by atoms with Crippen LogP contribution in [0, 0.1) is 29.3 Å². The molecule has 33 heavy (non-hydrogen) atoms. The first-order valence-electron chi connectivity index (χ1n) is 11.3. The van der Waals surface area contributed by atoms with E-state index in [1.54, 1.807) is 18.2 Å². The molecule has 4 aromatic rings. The van der Waals surface area contributed by atoms with E-state index in [4.69, 9.17) is 0 Å². The summed E-state index contributed by atoms with van der Waals surface area (Å²) in [4.78, 5) is 0. The number of halogens is 3. The molecule has 0 atom stereocenters. The molecule has 0 aliphatic heterocycles. The molecule has 0 saturated heterocycles. The van der Waals surface area contributed by atoms with Crippen molar-refractivity contribution in [3.8, 4) is 23.0 Å². The van der Waals surface area contributed by atoms with Gasteiger partial charge in [-0.05, 0) is 65.3 Å². The van der Waals surface area contributed by atoms with Crippen molar-refractivity contribution in [3.05, 3.63) is 107 Å². The van der Waals surface area contributed by atoms with Crippen molar-refractivity contribution in [3.63, 3.8) is 0 Å². The normalized spacial score (nSPS) is 10.8. The summed E-state index contributed by atoms with van der Waals surface area (Å²) >= 11 is 0. The fourth-order valence-electron chi connectivity index (χ4n) is 3.90. The predicted molar refractivity (Wildman–Crippen MR) is 130 cm³/mol. The van der Waals surface area contributed by atoms with Crippen molar-refractivity contribution in [2.75, 3.05) is 0 Å². The molecule has 0 fully saturated rings. The second-order valence-electron chi connectivity index (χ2n) is 8.25. The molecule has 0 bridgehead atoms. The highest BCUT2D eigenvalue weighted by Gasteiger charge is 2.07. The molecule has 0 radical (unpaired) electrons. The van der Waals surface area contributed by atoms with Gasteiger partial charge in [0.1, 0.15) is 5.82 Å². The standard InChI is InChI=1S/C30H25F3/c1-2-3-4-5-6-21-7-11-23(12-8-21)25-15-14-24(29(32)20-25)13-9-22-10-17-27-26(19-22)16-18-28(31)30(27)33/h7-8,10-12,14-20H,2-6H2,1H3. The van der Waals surface area contributed by atoms with Gasteiger partial charge in [0, 0.05) is 10.9 Å². The summed E-state index contributed by atoms with van der Waals surface area (Å²) in [6, 6.07) is 20.7. The summed E-state index contributed by atoms with van der Waals surface area (Å²) < 4.78 is 41.9. The molecule has 0 heterocycles. The van der Waals surface area contributed by atoms with Gasteiger partial charge in [0.15, 0.2) is 11.6 Å². The van der Waals surface area contributed by atoms with E-state index >= 15 is 0 Å². The lowest BCUT2D eigenvalue weighted by Crippen LogP contribution is -1.89. The Morgan fingerprint density at radius 2 is 1.45 bits per heavy atom. The summed E-state index contributed by atoms with van der Waals surface area (Å²) in [5.41, 5.74) is 3.97. The minimum Gasteiger partial charge on any atom is -0.206 e. The summed E-state index contributed by atoms with van der Waals surface area (Å²) in [6.07, 6.45) is 6.01. The first kappa shape index (κ1) is 22.7. The molecule has 0 spiro atoms.